The molecule has 4 rings (SSSR count). The van der Waals surface area contributed by atoms with Crippen molar-refractivity contribution in [2.75, 3.05) is 19.8 Å². The van der Waals surface area contributed by atoms with Gasteiger partial charge in [0.1, 0.15) is 0 Å². The van der Waals surface area contributed by atoms with Crippen LogP contribution in [0, 0.1) is 5.92 Å². The van der Waals surface area contributed by atoms with Crippen molar-refractivity contribution < 1.29 is 32.6 Å². The lowest BCUT2D eigenvalue weighted by Crippen LogP contribution is -2.40. The topological polar surface area (TPSA) is 110 Å². The van der Waals surface area contributed by atoms with Crippen molar-refractivity contribution in [2.45, 2.75) is 44.9 Å². The third-order valence-corrected chi connectivity index (χ3v) is 5.18. The van der Waals surface area contributed by atoms with Crippen LogP contribution < -0.4 is 0 Å². The molecule has 1 saturated carbocycles. The van der Waals surface area contributed by atoms with Gasteiger partial charge in [0.25, 0.3) is 5.91 Å². The van der Waals surface area contributed by atoms with E-state index >= 15 is 0 Å². The van der Waals surface area contributed by atoms with E-state index < -0.39 is 12.1 Å². The van der Waals surface area contributed by atoms with Gasteiger partial charge < -0.3 is 14.7 Å². The first-order valence-corrected chi connectivity index (χ1v) is 10.2. The number of aromatic nitrogens is 4. The van der Waals surface area contributed by atoms with Crippen LogP contribution in [-0.4, -0.2) is 67.8 Å². The summed E-state index contributed by atoms with van der Waals surface area (Å²) >= 11 is 0. The minimum atomic E-state index is -5.08. The third kappa shape index (κ3) is 6.02. The maximum atomic E-state index is 12.8. The number of aliphatic carboxylic acids is 1. The van der Waals surface area contributed by atoms with Gasteiger partial charge in [-0.3, -0.25) is 9.48 Å². The Hall–Kier alpha value is -3.02. The first-order chi connectivity index (χ1) is 15.2. The van der Waals surface area contributed by atoms with E-state index in [9.17, 15) is 18.0 Å². The van der Waals surface area contributed by atoms with Crippen molar-refractivity contribution in [3.63, 3.8) is 0 Å². The molecule has 9 nitrogen and oxygen atoms in total. The van der Waals surface area contributed by atoms with E-state index in [0.29, 0.717) is 25.3 Å². The molecule has 0 bridgehead atoms. The summed E-state index contributed by atoms with van der Waals surface area (Å²) in [5.41, 5.74) is 2.90. The van der Waals surface area contributed by atoms with E-state index in [0.717, 1.165) is 24.6 Å². The molecule has 0 saturated heterocycles. The summed E-state index contributed by atoms with van der Waals surface area (Å²) in [7, 11) is 0. The predicted molar refractivity (Wildman–Crippen MR) is 105 cm³/mol. The number of carbonyl (C=O) groups is 2. The Kier molecular flexibility index (Phi) is 7.44. The second-order valence-electron chi connectivity index (χ2n) is 7.67. The van der Waals surface area contributed by atoms with Gasteiger partial charge in [-0.2, -0.15) is 28.5 Å². The Bertz CT molecular complexity index is 931. The molecule has 2 aromatic heterocycles. The zero-order chi connectivity index (χ0) is 23.3. The van der Waals surface area contributed by atoms with Crippen molar-refractivity contribution in [1.82, 2.24) is 24.9 Å². The average Bonchev–Trinajstić information content (AvgIpc) is 3.50. The molecule has 32 heavy (non-hydrogen) atoms. The molecule has 0 radical (unpaired) electrons. The van der Waals surface area contributed by atoms with Crippen LogP contribution in [-0.2, 0) is 22.6 Å². The van der Waals surface area contributed by atoms with E-state index in [2.05, 4.69) is 22.2 Å². The van der Waals surface area contributed by atoms with E-state index in [1.54, 1.807) is 12.3 Å². The summed E-state index contributed by atoms with van der Waals surface area (Å²) in [5.74, 6) is -1.88. The van der Waals surface area contributed by atoms with Crippen molar-refractivity contribution in [3.05, 3.63) is 41.5 Å². The largest absolute Gasteiger partial charge is 0.490 e. The van der Waals surface area contributed by atoms with Gasteiger partial charge in [0.15, 0.2) is 0 Å². The number of ether oxygens (including phenoxy) is 1. The molecule has 0 spiro atoms. The molecule has 1 aliphatic heterocycles. The summed E-state index contributed by atoms with van der Waals surface area (Å²) in [5, 5.41) is 19.2. The molecule has 1 aliphatic carbocycles. The number of alkyl halides is 3. The van der Waals surface area contributed by atoms with Crippen molar-refractivity contribution >= 4 is 11.9 Å². The van der Waals surface area contributed by atoms with Crippen LogP contribution in [0.15, 0.2) is 24.7 Å². The lowest BCUT2D eigenvalue weighted by molar-refractivity contribution is -0.192. The molecule has 174 valence electrons. The SMILES string of the molecule is CCn1ncc2c1C(COCC1CC1)CN(C(=O)c1ccnnc1)C2.O=C(O)C(F)(F)F. The third-order valence-electron chi connectivity index (χ3n) is 5.18. The second kappa shape index (κ2) is 10.1. The first-order valence-electron chi connectivity index (χ1n) is 10.2. The number of rotatable bonds is 6. The van der Waals surface area contributed by atoms with Crippen LogP contribution in [0.25, 0.3) is 0 Å². The molecule has 3 heterocycles. The zero-order valence-electron chi connectivity index (χ0n) is 17.5. The summed E-state index contributed by atoms with van der Waals surface area (Å²) in [6.07, 6.45) is 2.43. The standard InChI is InChI=1S/C18H23N5O2.C2HF3O2/c1-2-23-17-15(8-21-23)9-22(18(24)14-5-6-19-20-7-14)10-16(17)12-25-11-13-3-4-13;3-2(4,5)1(6)7/h5-8,13,16H,2-4,9-12H2,1H3;(H,6,7). The van der Waals surface area contributed by atoms with Gasteiger partial charge in [-0.1, -0.05) is 0 Å². The minimum Gasteiger partial charge on any atom is -0.475 e. The molecule has 2 aliphatic rings. The quantitative estimate of drug-likeness (QED) is 0.713. The second-order valence-corrected chi connectivity index (χ2v) is 7.67. The van der Waals surface area contributed by atoms with Gasteiger partial charge in [-0.15, -0.1) is 0 Å². The van der Waals surface area contributed by atoms with E-state index in [1.807, 2.05) is 15.8 Å². The first kappa shape index (κ1) is 23.6. The maximum absolute atomic E-state index is 12.8. The number of halogens is 3. The highest BCUT2D eigenvalue weighted by Crippen LogP contribution is 2.32. The number of carboxylic acid groups (broad SMARTS) is 1. The Morgan fingerprint density at radius 1 is 1.22 bits per heavy atom. The molecular weight excluding hydrogens is 431 g/mol. The zero-order valence-corrected chi connectivity index (χ0v) is 17.5. The lowest BCUT2D eigenvalue weighted by atomic mass is 9.96. The number of nitrogens with zero attached hydrogens (tertiary/aromatic N) is 5. The van der Waals surface area contributed by atoms with E-state index in [-0.39, 0.29) is 11.8 Å². The highest BCUT2D eigenvalue weighted by atomic mass is 19.4. The molecule has 1 amide bonds. The number of aryl methyl sites for hydroxylation is 1. The Morgan fingerprint density at radius 3 is 2.50 bits per heavy atom. The minimum absolute atomic E-state index is 0.0167. The van der Waals surface area contributed by atoms with Gasteiger partial charge in [0.2, 0.25) is 0 Å². The highest BCUT2D eigenvalue weighted by molar-refractivity contribution is 5.94. The fraction of sp³-hybridized carbons (Fsp3) is 0.550. The highest BCUT2D eigenvalue weighted by Gasteiger charge is 2.38. The van der Waals surface area contributed by atoms with Gasteiger partial charge >= 0.3 is 12.1 Å². The fourth-order valence-electron chi connectivity index (χ4n) is 3.45. The maximum Gasteiger partial charge on any atom is 0.490 e. The van der Waals surface area contributed by atoms with Gasteiger partial charge in [-0.05, 0) is 31.7 Å². The normalized spacial score (nSPS) is 17.9. The number of hydrogen-bond donors (Lipinski definition) is 1. The summed E-state index contributed by atoms with van der Waals surface area (Å²) in [6.45, 7) is 5.61. The van der Waals surface area contributed by atoms with Crippen LogP contribution in [0.1, 0.15) is 47.3 Å². The van der Waals surface area contributed by atoms with E-state index in [4.69, 9.17) is 14.6 Å². The lowest BCUT2D eigenvalue weighted by Gasteiger charge is -2.33. The van der Waals surface area contributed by atoms with Crippen LogP contribution in [0.4, 0.5) is 13.2 Å². The number of hydrogen-bond acceptors (Lipinski definition) is 6. The smallest absolute Gasteiger partial charge is 0.475 e. The number of fused-ring (bicyclic) bond motifs is 1. The van der Waals surface area contributed by atoms with Crippen LogP contribution in [0.2, 0.25) is 0 Å². The Balaban J connectivity index is 0.000000360. The van der Waals surface area contributed by atoms with Crippen LogP contribution >= 0.6 is 0 Å². The fourth-order valence-corrected chi connectivity index (χ4v) is 3.45. The molecule has 1 fully saturated rings. The van der Waals surface area contributed by atoms with Gasteiger partial charge in [-0.25, -0.2) is 4.79 Å². The number of carbonyl (C=O) groups excluding carboxylic acids is 1. The van der Waals surface area contributed by atoms with Gasteiger partial charge in [0.05, 0.1) is 36.5 Å². The van der Waals surface area contributed by atoms with Crippen LogP contribution in [0.3, 0.4) is 0 Å². The Morgan fingerprint density at radius 2 is 1.94 bits per heavy atom. The molecule has 1 atom stereocenters. The summed E-state index contributed by atoms with van der Waals surface area (Å²) < 4.78 is 39.7. The molecule has 1 N–H and O–H groups in total. The average molecular weight is 455 g/mol. The predicted octanol–water partition coefficient (Wildman–Crippen LogP) is 2.49. The van der Waals surface area contributed by atoms with E-state index in [1.165, 1.54) is 24.7 Å². The van der Waals surface area contributed by atoms with Crippen molar-refractivity contribution in [2.24, 2.45) is 5.92 Å². The molecule has 12 heteroatoms. The number of amides is 1. The van der Waals surface area contributed by atoms with Crippen molar-refractivity contribution in [1.29, 1.82) is 0 Å². The summed E-state index contributed by atoms with van der Waals surface area (Å²) in [6, 6.07) is 1.71. The molecule has 0 aromatic carbocycles. The van der Waals surface area contributed by atoms with Gasteiger partial charge in [0, 0.05) is 37.7 Å². The molecule has 1 unspecified atom stereocenters. The molecular formula is C20H24F3N5O4. The van der Waals surface area contributed by atoms with Crippen molar-refractivity contribution in [3.8, 4) is 0 Å². The monoisotopic (exact) mass is 455 g/mol. The number of carboxylic acids is 1. The summed E-state index contributed by atoms with van der Waals surface area (Å²) in [4.78, 5) is 23.6. The Labute approximate surface area is 182 Å². The van der Waals surface area contributed by atoms with Crippen LogP contribution in [0.5, 0.6) is 0 Å². The molecule has 2 aromatic rings.